The van der Waals surface area contributed by atoms with Gasteiger partial charge in [0.25, 0.3) is 11.8 Å². The van der Waals surface area contributed by atoms with Gasteiger partial charge in [-0.3, -0.25) is 0 Å². The van der Waals surface area contributed by atoms with Crippen molar-refractivity contribution in [3.05, 3.63) is 53.6 Å². The van der Waals surface area contributed by atoms with E-state index in [2.05, 4.69) is 25.5 Å². The van der Waals surface area contributed by atoms with Crippen molar-refractivity contribution in [2.45, 2.75) is 24.8 Å². The summed E-state index contributed by atoms with van der Waals surface area (Å²) in [6.07, 6.45) is -0.553. The van der Waals surface area contributed by atoms with Crippen LogP contribution in [0.5, 0.6) is 0 Å². The monoisotopic (exact) mass is 365 g/mol. The summed E-state index contributed by atoms with van der Waals surface area (Å²) in [5.74, 6) is -2.28. The average Bonchev–Trinajstić information content (AvgIpc) is 3.19. The molecule has 2 aromatic heterocycles. The number of benzene rings is 1. The van der Waals surface area contributed by atoms with E-state index >= 15 is 0 Å². The highest BCUT2D eigenvalue weighted by molar-refractivity contribution is 5.50. The second kappa shape index (κ2) is 6.04. The lowest BCUT2D eigenvalue weighted by atomic mass is 10.0. The van der Waals surface area contributed by atoms with Crippen LogP contribution in [-0.4, -0.2) is 20.2 Å². The van der Waals surface area contributed by atoms with Crippen molar-refractivity contribution in [2.24, 2.45) is 0 Å². The van der Waals surface area contributed by atoms with Gasteiger partial charge in [-0.15, -0.1) is 10.2 Å². The number of hydrogen-bond acceptors (Lipinski definition) is 6. The van der Waals surface area contributed by atoms with Crippen molar-refractivity contribution in [3.63, 3.8) is 0 Å². The second-order valence-corrected chi connectivity index (χ2v) is 5.82. The molecule has 1 aliphatic rings. The number of alkyl halides is 2. The molecule has 0 spiro atoms. The molecule has 1 aliphatic carbocycles. The topological polar surface area (TPSA) is 76.7 Å². The van der Waals surface area contributed by atoms with Gasteiger partial charge in [0, 0.05) is 11.8 Å². The van der Waals surface area contributed by atoms with Crippen LogP contribution in [-0.2, 0) is 5.54 Å². The smallest absolute Gasteiger partial charge is 0.314 e. The van der Waals surface area contributed by atoms with Crippen molar-refractivity contribution in [2.75, 3.05) is 5.32 Å². The minimum atomic E-state index is -2.89. The predicted octanol–water partition coefficient (Wildman–Crippen LogP) is 3.84. The van der Waals surface area contributed by atoms with E-state index in [1.807, 2.05) is 0 Å². The summed E-state index contributed by atoms with van der Waals surface area (Å²) in [5.41, 5.74) is -0.907. The van der Waals surface area contributed by atoms with Crippen LogP contribution in [0.1, 0.15) is 30.7 Å². The quantitative estimate of drug-likeness (QED) is 0.692. The third-order valence-electron chi connectivity index (χ3n) is 4.04. The van der Waals surface area contributed by atoms with Gasteiger partial charge in [0.1, 0.15) is 17.3 Å². The van der Waals surface area contributed by atoms with Crippen molar-refractivity contribution in [1.29, 1.82) is 0 Å². The molecule has 3 aromatic rings. The summed E-state index contributed by atoms with van der Waals surface area (Å²) in [4.78, 5) is 8.13. The Bertz CT molecular complexity index is 937. The van der Waals surface area contributed by atoms with Gasteiger partial charge in [-0.05, 0) is 31.0 Å². The van der Waals surface area contributed by atoms with E-state index < -0.39 is 29.5 Å². The summed E-state index contributed by atoms with van der Waals surface area (Å²) in [6.45, 7) is 0. The minimum Gasteiger partial charge on any atom is -0.414 e. The van der Waals surface area contributed by atoms with Crippen molar-refractivity contribution in [3.8, 4) is 11.6 Å². The molecule has 26 heavy (non-hydrogen) atoms. The van der Waals surface area contributed by atoms with E-state index in [-0.39, 0.29) is 23.1 Å². The van der Waals surface area contributed by atoms with Crippen LogP contribution in [0.2, 0.25) is 0 Å². The molecule has 10 heteroatoms. The van der Waals surface area contributed by atoms with Crippen LogP contribution >= 0.6 is 0 Å². The number of nitrogens with one attached hydrogen (secondary N) is 1. The Balaban J connectivity index is 1.63. The van der Waals surface area contributed by atoms with Crippen LogP contribution in [0.4, 0.5) is 23.5 Å². The van der Waals surface area contributed by atoms with Crippen LogP contribution in [0.25, 0.3) is 11.6 Å². The summed E-state index contributed by atoms with van der Waals surface area (Å²) in [7, 11) is 0. The SMILES string of the molecule is Fc1cccc(F)c1C1(Nc2nccc(-c3nnc(C(F)F)o3)n2)CC1. The molecule has 1 N–H and O–H groups in total. The Hall–Kier alpha value is -3.04. The van der Waals surface area contributed by atoms with Crippen LogP contribution in [0.15, 0.2) is 34.9 Å². The lowest BCUT2D eigenvalue weighted by Gasteiger charge is -2.19. The molecular weight excluding hydrogens is 354 g/mol. The van der Waals surface area contributed by atoms with E-state index in [1.165, 1.54) is 30.5 Å². The number of hydrogen-bond donors (Lipinski definition) is 1. The zero-order chi connectivity index (χ0) is 18.3. The molecule has 1 fully saturated rings. The van der Waals surface area contributed by atoms with Crippen molar-refractivity contribution in [1.82, 2.24) is 20.2 Å². The summed E-state index contributed by atoms with van der Waals surface area (Å²) < 4.78 is 58.1. The molecular formula is C16H11F4N5O. The summed E-state index contributed by atoms with van der Waals surface area (Å²) in [6, 6.07) is 5.05. The Morgan fingerprint density at radius 2 is 1.81 bits per heavy atom. The first-order chi connectivity index (χ1) is 12.5. The normalized spacial score (nSPS) is 15.3. The maximum Gasteiger partial charge on any atom is 0.314 e. The molecule has 1 saturated carbocycles. The molecule has 0 unspecified atom stereocenters. The standard InChI is InChI=1S/C16H11F4N5O/c17-8-2-1-3-9(18)11(8)16(5-6-16)23-15-21-7-4-10(22-15)13-24-25-14(26-13)12(19)20/h1-4,7,12H,5-6H2,(H,21,22,23). The maximum absolute atomic E-state index is 14.1. The maximum atomic E-state index is 14.1. The molecule has 4 rings (SSSR count). The Morgan fingerprint density at radius 1 is 1.08 bits per heavy atom. The van der Waals surface area contributed by atoms with Crippen LogP contribution in [0, 0.1) is 11.6 Å². The number of nitrogens with zero attached hydrogens (tertiary/aromatic N) is 4. The number of rotatable bonds is 5. The summed E-state index contributed by atoms with van der Waals surface area (Å²) in [5, 5.41) is 9.67. The average molecular weight is 365 g/mol. The molecule has 0 radical (unpaired) electrons. The molecule has 0 amide bonds. The highest BCUT2D eigenvalue weighted by atomic mass is 19.3. The molecule has 1 aromatic carbocycles. The fourth-order valence-corrected chi connectivity index (χ4v) is 2.70. The zero-order valence-electron chi connectivity index (χ0n) is 13.1. The summed E-state index contributed by atoms with van der Waals surface area (Å²) >= 11 is 0. The van der Waals surface area contributed by atoms with E-state index in [9.17, 15) is 17.6 Å². The highest BCUT2D eigenvalue weighted by Gasteiger charge is 2.48. The van der Waals surface area contributed by atoms with Gasteiger partial charge >= 0.3 is 6.43 Å². The Labute approximate surface area is 144 Å². The van der Waals surface area contributed by atoms with Gasteiger partial charge in [0.2, 0.25) is 5.95 Å². The molecule has 0 bridgehead atoms. The Kier molecular flexibility index (Phi) is 3.82. The number of aromatic nitrogens is 4. The van der Waals surface area contributed by atoms with Crippen LogP contribution < -0.4 is 5.32 Å². The highest BCUT2D eigenvalue weighted by Crippen LogP contribution is 2.49. The Morgan fingerprint density at radius 3 is 2.42 bits per heavy atom. The first-order valence-corrected chi connectivity index (χ1v) is 7.66. The lowest BCUT2D eigenvalue weighted by molar-refractivity contribution is 0.116. The van der Waals surface area contributed by atoms with Gasteiger partial charge in [0.05, 0.1) is 5.54 Å². The van der Waals surface area contributed by atoms with E-state index in [0.29, 0.717) is 12.8 Å². The van der Waals surface area contributed by atoms with Gasteiger partial charge in [-0.2, -0.15) is 8.78 Å². The minimum absolute atomic E-state index is 0.0689. The molecule has 6 nitrogen and oxygen atoms in total. The predicted molar refractivity (Wildman–Crippen MR) is 81.2 cm³/mol. The number of anilines is 1. The van der Waals surface area contributed by atoms with Gasteiger partial charge < -0.3 is 9.73 Å². The van der Waals surface area contributed by atoms with Crippen molar-refractivity contribution < 1.29 is 22.0 Å². The van der Waals surface area contributed by atoms with E-state index in [1.54, 1.807) is 0 Å². The largest absolute Gasteiger partial charge is 0.414 e. The number of halogens is 4. The fraction of sp³-hybridized carbons (Fsp3) is 0.250. The molecule has 0 atom stereocenters. The van der Waals surface area contributed by atoms with Crippen molar-refractivity contribution >= 4 is 5.95 Å². The third kappa shape index (κ3) is 2.87. The fourth-order valence-electron chi connectivity index (χ4n) is 2.70. The zero-order valence-corrected chi connectivity index (χ0v) is 13.1. The molecule has 134 valence electrons. The van der Waals surface area contributed by atoms with E-state index in [4.69, 9.17) is 4.42 Å². The molecule has 0 aliphatic heterocycles. The molecule has 2 heterocycles. The van der Waals surface area contributed by atoms with Gasteiger partial charge in [0.15, 0.2) is 0 Å². The molecule has 0 saturated heterocycles. The van der Waals surface area contributed by atoms with E-state index in [0.717, 1.165) is 0 Å². The first-order valence-electron chi connectivity index (χ1n) is 7.66. The van der Waals surface area contributed by atoms with Gasteiger partial charge in [-0.25, -0.2) is 18.7 Å². The third-order valence-corrected chi connectivity index (χ3v) is 4.04. The van der Waals surface area contributed by atoms with Crippen LogP contribution in [0.3, 0.4) is 0 Å². The second-order valence-electron chi connectivity index (χ2n) is 5.82. The lowest BCUT2D eigenvalue weighted by Crippen LogP contribution is -2.23. The first kappa shape index (κ1) is 16.4. The van der Waals surface area contributed by atoms with Gasteiger partial charge in [-0.1, -0.05) is 6.07 Å².